The minimum Gasteiger partial charge on any atom is -0.493 e. The lowest BCUT2D eigenvalue weighted by molar-refractivity contribution is -0.138. The molecule has 7 nitrogen and oxygen atoms in total. The van der Waals surface area contributed by atoms with E-state index >= 15 is 0 Å². The summed E-state index contributed by atoms with van der Waals surface area (Å²) < 4.78 is 12.0. The number of benzene rings is 1. The Labute approximate surface area is 197 Å². The number of carboxylic acids is 1. The number of amides is 1. The molecule has 0 bridgehead atoms. The van der Waals surface area contributed by atoms with E-state index in [-0.39, 0.29) is 23.8 Å². The largest absolute Gasteiger partial charge is 0.493 e. The van der Waals surface area contributed by atoms with Gasteiger partial charge >= 0.3 is 5.97 Å². The first-order valence-corrected chi connectivity index (χ1v) is 12.4. The highest BCUT2D eigenvalue weighted by Gasteiger charge is 2.47. The molecule has 1 spiro atoms. The van der Waals surface area contributed by atoms with E-state index in [0.29, 0.717) is 44.3 Å². The topological polar surface area (TPSA) is 79.3 Å². The summed E-state index contributed by atoms with van der Waals surface area (Å²) in [5.74, 6) is 1.65. The van der Waals surface area contributed by atoms with E-state index in [9.17, 15) is 14.7 Å². The second kappa shape index (κ2) is 9.92. The molecule has 1 N–H and O–H groups in total. The number of anilines is 1. The second-order valence-corrected chi connectivity index (χ2v) is 10.5. The quantitative estimate of drug-likeness (QED) is 0.633. The molecule has 2 aliphatic heterocycles. The average Bonchev–Trinajstić information content (AvgIpc) is 3.39. The minimum absolute atomic E-state index is 0.0657. The van der Waals surface area contributed by atoms with E-state index in [1.165, 1.54) is 25.7 Å². The van der Waals surface area contributed by atoms with Gasteiger partial charge in [-0.2, -0.15) is 0 Å². The van der Waals surface area contributed by atoms with Gasteiger partial charge in [-0.25, -0.2) is 0 Å². The van der Waals surface area contributed by atoms with E-state index in [2.05, 4.69) is 19.9 Å². The lowest BCUT2D eigenvalue weighted by atomic mass is 9.74. The number of methoxy groups -OCH3 is 1. The van der Waals surface area contributed by atoms with E-state index in [1.54, 1.807) is 7.11 Å². The number of ether oxygens (including phenoxy) is 2. The molecule has 0 atom stereocenters. The fourth-order valence-electron chi connectivity index (χ4n) is 5.77. The molecule has 1 saturated carbocycles. The van der Waals surface area contributed by atoms with Crippen LogP contribution in [0.5, 0.6) is 11.5 Å². The van der Waals surface area contributed by atoms with Gasteiger partial charge in [0, 0.05) is 24.4 Å². The van der Waals surface area contributed by atoms with E-state index in [4.69, 9.17) is 9.47 Å². The van der Waals surface area contributed by atoms with Crippen molar-refractivity contribution in [3.63, 3.8) is 0 Å². The molecule has 7 heteroatoms. The lowest BCUT2D eigenvalue weighted by Gasteiger charge is -2.39. The number of hydrogen-bond donors (Lipinski definition) is 1. The Hall–Kier alpha value is -2.28. The highest BCUT2D eigenvalue weighted by Crippen LogP contribution is 2.51. The van der Waals surface area contributed by atoms with Gasteiger partial charge in [0.1, 0.15) is 0 Å². The fraction of sp³-hybridized carbons (Fsp3) is 0.692. The van der Waals surface area contributed by atoms with Gasteiger partial charge in [-0.05, 0) is 62.2 Å². The maximum Gasteiger partial charge on any atom is 0.317 e. The monoisotopic (exact) mass is 458 g/mol. The van der Waals surface area contributed by atoms with Crippen molar-refractivity contribution < 1.29 is 24.2 Å². The number of fused-ring (bicyclic) bond motifs is 2. The Morgan fingerprint density at radius 3 is 2.45 bits per heavy atom. The normalized spacial score (nSPS) is 20.4. The number of aliphatic carboxylic acids is 1. The van der Waals surface area contributed by atoms with Crippen molar-refractivity contribution in [2.24, 2.45) is 11.8 Å². The van der Waals surface area contributed by atoms with Crippen molar-refractivity contribution in [1.82, 2.24) is 4.90 Å². The zero-order valence-electron chi connectivity index (χ0n) is 20.3. The number of nitrogens with zero attached hydrogens (tertiary/aromatic N) is 2. The van der Waals surface area contributed by atoms with Crippen LogP contribution in [-0.2, 0) is 15.0 Å². The first-order valence-electron chi connectivity index (χ1n) is 12.4. The number of carboxylic acid groups (broad SMARTS) is 1. The zero-order chi connectivity index (χ0) is 23.6. The minimum atomic E-state index is -0.794. The number of hydrogen-bond acceptors (Lipinski definition) is 5. The second-order valence-electron chi connectivity index (χ2n) is 10.5. The summed E-state index contributed by atoms with van der Waals surface area (Å²) in [6.45, 7) is 6.95. The number of carbonyl (C=O) groups excluding carboxylic acids is 1. The summed E-state index contributed by atoms with van der Waals surface area (Å²) in [7, 11) is 1.67. The van der Waals surface area contributed by atoms with Gasteiger partial charge in [0.05, 0.1) is 25.9 Å². The van der Waals surface area contributed by atoms with Gasteiger partial charge in [-0.1, -0.05) is 26.7 Å². The molecule has 3 aliphatic rings. The van der Waals surface area contributed by atoms with Crippen molar-refractivity contribution in [3.8, 4) is 11.5 Å². The summed E-state index contributed by atoms with van der Waals surface area (Å²) in [5, 5.41) is 9.18. The SMILES string of the molecule is COc1cc2c(cc1OCC1CCCC1)N(C(=O)CC(C)C)CC21CCN(CC(=O)O)CC1. The van der Waals surface area contributed by atoms with Crippen LogP contribution < -0.4 is 14.4 Å². The van der Waals surface area contributed by atoms with Crippen molar-refractivity contribution in [1.29, 1.82) is 0 Å². The van der Waals surface area contributed by atoms with Crippen molar-refractivity contribution in [2.45, 2.75) is 64.2 Å². The molecule has 1 aromatic rings. The highest BCUT2D eigenvalue weighted by atomic mass is 16.5. The van der Waals surface area contributed by atoms with Crippen LogP contribution in [-0.4, -0.2) is 61.8 Å². The highest BCUT2D eigenvalue weighted by molar-refractivity contribution is 5.97. The van der Waals surface area contributed by atoms with Crippen LogP contribution in [0, 0.1) is 11.8 Å². The van der Waals surface area contributed by atoms with Crippen LogP contribution in [0.3, 0.4) is 0 Å². The average molecular weight is 459 g/mol. The van der Waals surface area contributed by atoms with Crippen LogP contribution in [0.25, 0.3) is 0 Å². The molecule has 1 aliphatic carbocycles. The summed E-state index contributed by atoms with van der Waals surface area (Å²) in [6, 6.07) is 4.09. The van der Waals surface area contributed by atoms with Crippen LogP contribution in [0.15, 0.2) is 12.1 Å². The Bertz CT molecular complexity index is 870. The molecule has 0 radical (unpaired) electrons. The molecule has 1 saturated heterocycles. The van der Waals surface area contributed by atoms with Crippen molar-refractivity contribution in [2.75, 3.05) is 44.8 Å². The summed E-state index contributed by atoms with van der Waals surface area (Å²) in [6.07, 6.45) is 7.12. The standard InChI is InChI=1S/C26H38N2O5/c1-18(2)12-24(29)28-17-26(8-10-27(11-9-26)15-25(30)31)20-13-22(32-3)23(14-21(20)28)33-16-19-6-4-5-7-19/h13-14,18-19H,4-12,15-17H2,1-3H3,(H,30,31). The van der Waals surface area contributed by atoms with Gasteiger partial charge in [0.25, 0.3) is 0 Å². The summed E-state index contributed by atoms with van der Waals surface area (Å²) in [4.78, 5) is 28.4. The van der Waals surface area contributed by atoms with Gasteiger partial charge in [0.2, 0.25) is 5.91 Å². The van der Waals surface area contributed by atoms with Crippen molar-refractivity contribution >= 4 is 17.6 Å². The predicted molar refractivity (Wildman–Crippen MR) is 127 cm³/mol. The van der Waals surface area contributed by atoms with Crippen molar-refractivity contribution in [3.05, 3.63) is 17.7 Å². The Morgan fingerprint density at radius 1 is 1.15 bits per heavy atom. The van der Waals surface area contributed by atoms with E-state index in [1.807, 2.05) is 15.9 Å². The maximum absolute atomic E-state index is 13.3. The van der Waals surface area contributed by atoms with Gasteiger partial charge in [-0.15, -0.1) is 0 Å². The number of piperidine rings is 1. The number of likely N-dealkylation sites (tertiary alicyclic amines) is 1. The van der Waals surface area contributed by atoms with Crippen LogP contribution in [0.1, 0.15) is 64.4 Å². The number of rotatable bonds is 8. The Kier molecular flexibility index (Phi) is 7.17. The molecular weight excluding hydrogens is 420 g/mol. The van der Waals surface area contributed by atoms with E-state index in [0.717, 1.165) is 29.8 Å². The van der Waals surface area contributed by atoms with Gasteiger partial charge in [0.15, 0.2) is 11.5 Å². The zero-order valence-corrected chi connectivity index (χ0v) is 20.3. The predicted octanol–water partition coefficient (Wildman–Crippen LogP) is 4.08. The summed E-state index contributed by atoms with van der Waals surface area (Å²) >= 11 is 0. The van der Waals surface area contributed by atoms with Crippen LogP contribution >= 0.6 is 0 Å². The van der Waals surface area contributed by atoms with Gasteiger partial charge < -0.3 is 19.5 Å². The molecule has 4 rings (SSSR count). The molecule has 182 valence electrons. The molecule has 2 fully saturated rings. The first-order chi connectivity index (χ1) is 15.8. The smallest absolute Gasteiger partial charge is 0.317 e. The first kappa shape index (κ1) is 23.9. The maximum atomic E-state index is 13.3. The molecule has 2 heterocycles. The molecular formula is C26H38N2O5. The summed E-state index contributed by atoms with van der Waals surface area (Å²) in [5.41, 5.74) is 1.91. The molecule has 1 aromatic carbocycles. The molecule has 1 amide bonds. The molecule has 33 heavy (non-hydrogen) atoms. The third-order valence-electron chi connectivity index (χ3n) is 7.61. The van der Waals surface area contributed by atoms with Crippen LogP contribution in [0.2, 0.25) is 0 Å². The van der Waals surface area contributed by atoms with E-state index < -0.39 is 5.97 Å². The Morgan fingerprint density at radius 2 is 1.85 bits per heavy atom. The number of carbonyl (C=O) groups is 2. The third kappa shape index (κ3) is 5.13. The van der Waals surface area contributed by atoms with Crippen LogP contribution in [0.4, 0.5) is 5.69 Å². The van der Waals surface area contributed by atoms with Gasteiger partial charge in [-0.3, -0.25) is 14.5 Å². The molecule has 0 aromatic heterocycles. The lowest BCUT2D eigenvalue weighted by Crippen LogP contribution is -2.47. The third-order valence-corrected chi connectivity index (χ3v) is 7.61. The molecule has 0 unspecified atom stereocenters. The Balaban J connectivity index is 1.63. The fourth-order valence-corrected chi connectivity index (χ4v) is 5.77.